The van der Waals surface area contributed by atoms with Gasteiger partial charge in [0.15, 0.2) is 0 Å². The first-order valence-electron chi connectivity index (χ1n) is 6.60. The van der Waals surface area contributed by atoms with Crippen LogP contribution in [0.5, 0.6) is 0 Å². The maximum Gasteiger partial charge on any atom is 0.0302 e. The normalized spacial score (nSPS) is 40.9. The summed E-state index contributed by atoms with van der Waals surface area (Å²) in [4.78, 5) is 0. The van der Waals surface area contributed by atoms with Gasteiger partial charge in [-0.05, 0) is 25.7 Å². The molecule has 2 fully saturated rings. The van der Waals surface area contributed by atoms with Gasteiger partial charge in [0.05, 0.1) is 0 Å². The van der Waals surface area contributed by atoms with Crippen molar-refractivity contribution in [3.8, 4) is 0 Å². The smallest absolute Gasteiger partial charge is 0.0302 e. The van der Waals surface area contributed by atoms with E-state index >= 15 is 0 Å². The Morgan fingerprint density at radius 2 is 1.00 bits per heavy atom. The highest BCUT2D eigenvalue weighted by molar-refractivity contribution is 8.77. The Bertz CT molecular complexity index is 191. The Kier molecular flexibility index (Phi) is 5.33. The Hall–Kier alpha value is 0.620. The van der Waals surface area contributed by atoms with Gasteiger partial charge in [0, 0.05) is 22.6 Å². The molecule has 4 heteroatoms. The first kappa shape index (κ1) is 13.1. The van der Waals surface area contributed by atoms with E-state index in [1.165, 1.54) is 51.4 Å². The number of rotatable bonds is 3. The Morgan fingerprint density at radius 1 is 0.625 bits per heavy atom. The SMILES string of the molecule is N[C@@H]1CCCC[C@H]1SS[C@H]1CCCC[C@@H]1N. The molecule has 4 N–H and O–H groups in total. The maximum absolute atomic E-state index is 6.16. The summed E-state index contributed by atoms with van der Waals surface area (Å²) in [5, 5.41) is 1.35. The van der Waals surface area contributed by atoms with Crippen molar-refractivity contribution in [2.24, 2.45) is 11.5 Å². The highest BCUT2D eigenvalue weighted by atomic mass is 33.1. The summed E-state index contributed by atoms with van der Waals surface area (Å²) in [5.41, 5.74) is 12.3. The molecule has 2 aliphatic rings. The minimum absolute atomic E-state index is 0.422. The van der Waals surface area contributed by atoms with Gasteiger partial charge in [-0.15, -0.1) is 0 Å². The molecule has 2 nitrogen and oxygen atoms in total. The second-order valence-electron chi connectivity index (χ2n) is 5.17. The molecule has 2 aliphatic carbocycles. The van der Waals surface area contributed by atoms with E-state index in [0.717, 1.165) is 0 Å². The van der Waals surface area contributed by atoms with E-state index < -0.39 is 0 Å². The van der Waals surface area contributed by atoms with Crippen molar-refractivity contribution >= 4 is 21.6 Å². The zero-order valence-electron chi connectivity index (χ0n) is 9.94. The van der Waals surface area contributed by atoms with Crippen molar-refractivity contribution in [3.05, 3.63) is 0 Å². The van der Waals surface area contributed by atoms with Gasteiger partial charge in [-0.3, -0.25) is 0 Å². The van der Waals surface area contributed by atoms with Gasteiger partial charge in [-0.25, -0.2) is 0 Å². The molecule has 0 saturated heterocycles. The van der Waals surface area contributed by atoms with E-state index in [1.54, 1.807) is 0 Å². The first-order valence-corrected chi connectivity index (χ1v) is 8.88. The molecular weight excluding hydrogens is 236 g/mol. The van der Waals surface area contributed by atoms with Crippen LogP contribution in [0.2, 0.25) is 0 Å². The van der Waals surface area contributed by atoms with Crippen LogP contribution in [-0.2, 0) is 0 Å². The monoisotopic (exact) mass is 260 g/mol. The Balaban J connectivity index is 1.72. The standard InChI is InChI=1S/C12H24N2S2/c13-9-5-1-3-7-11(9)15-16-12-8-4-2-6-10(12)14/h9-12H,1-8,13-14H2/t9-,10+,11-,12+. The van der Waals surface area contributed by atoms with E-state index in [9.17, 15) is 0 Å². The summed E-state index contributed by atoms with van der Waals surface area (Å²) in [7, 11) is 4.05. The highest BCUT2D eigenvalue weighted by Gasteiger charge is 2.27. The lowest BCUT2D eigenvalue weighted by Crippen LogP contribution is -2.37. The van der Waals surface area contributed by atoms with Crippen LogP contribution in [0.1, 0.15) is 51.4 Å². The zero-order valence-corrected chi connectivity index (χ0v) is 11.6. The third-order valence-corrected chi connectivity index (χ3v) is 7.40. The third kappa shape index (κ3) is 3.56. The largest absolute Gasteiger partial charge is 0.327 e. The van der Waals surface area contributed by atoms with Crippen LogP contribution >= 0.6 is 21.6 Å². The predicted molar refractivity (Wildman–Crippen MR) is 75.6 cm³/mol. The molecular formula is C12H24N2S2. The summed E-state index contributed by atoms with van der Waals surface area (Å²) in [6, 6.07) is 0.845. The van der Waals surface area contributed by atoms with E-state index in [2.05, 4.69) is 0 Å². The molecule has 0 spiro atoms. The lowest BCUT2D eigenvalue weighted by molar-refractivity contribution is 0.452. The second-order valence-corrected chi connectivity index (χ2v) is 7.92. The maximum atomic E-state index is 6.16. The fourth-order valence-corrected chi connectivity index (χ4v) is 6.29. The van der Waals surface area contributed by atoms with E-state index in [1.807, 2.05) is 21.6 Å². The Morgan fingerprint density at radius 3 is 1.38 bits per heavy atom. The van der Waals surface area contributed by atoms with Crippen LogP contribution < -0.4 is 11.5 Å². The summed E-state index contributed by atoms with van der Waals surface area (Å²) in [6.45, 7) is 0. The van der Waals surface area contributed by atoms with Crippen LogP contribution in [0.25, 0.3) is 0 Å². The van der Waals surface area contributed by atoms with Gasteiger partial charge >= 0.3 is 0 Å². The summed E-state index contributed by atoms with van der Waals surface area (Å²) >= 11 is 0. The van der Waals surface area contributed by atoms with Crippen molar-refractivity contribution in [1.82, 2.24) is 0 Å². The lowest BCUT2D eigenvalue weighted by Gasteiger charge is -2.32. The quantitative estimate of drug-likeness (QED) is 0.766. The molecule has 0 amide bonds. The van der Waals surface area contributed by atoms with Crippen LogP contribution in [0, 0.1) is 0 Å². The molecule has 2 saturated carbocycles. The van der Waals surface area contributed by atoms with Gasteiger partial charge in [0.1, 0.15) is 0 Å². The number of hydrogen-bond donors (Lipinski definition) is 2. The molecule has 0 aromatic carbocycles. The first-order chi connectivity index (χ1) is 7.77. The van der Waals surface area contributed by atoms with Crippen LogP contribution in [0.4, 0.5) is 0 Å². The molecule has 0 heterocycles. The van der Waals surface area contributed by atoms with Gasteiger partial charge < -0.3 is 11.5 Å². The average Bonchev–Trinajstić information content (AvgIpc) is 2.30. The summed E-state index contributed by atoms with van der Waals surface area (Å²) in [5.74, 6) is 0. The van der Waals surface area contributed by atoms with Crippen molar-refractivity contribution in [2.75, 3.05) is 0 Å². The molecule has 0 unspecified atom stereocenters. The molecule has 16 heavy (non-hydrogen) atoms. The molecule has 2 rings (SSSR count). The van der Waals surface area contributed by atoms with Gasteiger partial charge in [-0.2, -0.15) is 0 Å². The van der Waals surface area contributed by atoms with Gasteiger partial charge in [0.2, 0.25) is 0 Å². The topological polar surface area (TPSA) is 52.0 Å². The zero-order chi connectivity index (χ0) is 11.4. The highest BCUT2D eigenvalue weighted by Crippen LogP contribution is 2.41. The van der Waals surface area contributed by atoms with Crippen LogP contribution in [0.3, 0.4) is 0 Å². The van der Waals surface area contributed by atoms with Crippen molar-refractivity contribution in [2.45, 2.75) is 74.0 Å². The fourth-order valence-electron chi connectivity index (χ4n) is 2.63. The number of hydrogen-bond acceptors (Lipinski definition) is 4. The molecule has 0 radical (unpaired) electrons. The van der Waals surface area contributed by atoms with E-state index in [4.69, 9.17) is 11.5 Å². The Labute approximate surface area is 107 Å². The number of nitrogens with two attached hydrogens (primary N) is 2. The van der Waals surface area contributed by atoms with E-state index in [-0.39, 0.29) is 0 Å². The summed E-state index contributed by atoms with van der Waals surface area (Å²) < 4.78 is 0. The average molecular weight is 260 g/mol. The minimum Gasteiger partial charge on any atom is -0.327 e. The van der Waals surface area contributed by atoms with Crippen LogP contribution in [0.15, 0.2) is 0 Å². The van der Waals surface area contributed by atoms with Crippen molar-refractivity contribution in [1.29, 1.82) is 0 Å². The molecule has 0 bridgehead atoms. The molecule has 0 aromatic rings. The fraction of sp³-hybridized carbons (Fsp3) is 1.00. The minimum atomic E-state index is 0.422. The lowest BCUT2D eigenvalue weighted by atomic mass is 9.96. The van der Waals surface area contributed by atoms with E-state index in [0.29, 0.717) is 22.6 Å². The molecule has 0 aromatic heterocycles. The predicted octanol–water partition coefficient (Wildman–Crippen LogP) is 2.91. The molecule has 4 atom stereocenters. The van der Waals surface area contributed by atoms with Gasteiger partial charge in [0.25, 0.3) is 0 Å². The molecule has 94 valence electrons. The second kappa shape index (κ2) is 6.53. The summed E-state index contributed by atoms with van der Waals surface area (Å²) in [6.07, 6.45) is 10.4. The van der Waals surface area contributed by atoms with Crippen molar-refractivity contribution in [3.63, 3.8) is 0 Å². The molecule has 0 aliphatic heterocycles. The third-order valence-electron chi connectivity index (χ3n) is 3.81. The van der Waals surface area contributed by atoms with Crippen molar-refractivity contribution < 1.29 is 0 Å². The van der Waals surface area contributed by atoms with Gasteiger partial charge in [-0.1, -0.05) is 47.3 Å². The van der Waals surface area contributed by atoms with Crippen LogP contribution in [-0.4, -0.2) is 22.6 Å².